The normalized spacial score (nSPS) is 10.4. The fourth-order valence-electron chi connectivity index (χ4n) is 1.38. The van der Waals surface area contributed by atoms with Crippen molar-refractivity contribution in [3.63, 3.8) is 0 Å². The summed E-state index contributed by atoms with van der Waals surface area (Å²) < 4.78 is 5.18. The minimum atomic E-state index is -1.20. The van der Waals surface area contributed by atoms with E-state index in [1.165, 1.54) is 0 Å². The molecule has 0 aliphatic heterocycles. The highest BCUT2D eigenvalue weighted by atomic mass is 16.5. The first kappa shape index (κ1) is 11.6. The second-order valence-electron chi connectivity index (χ2n) is 3.86. The molecule has 0 saturated heterocycles. The Balaban J connectivity index is 2.91. The molecule has 0 spiro atoms. The first-order valence-corrected chi connectivity index (χ1v) is 4.94. The Bertz CT molecular complexity index is 356. The van der Waals surface area contributed by atoms with Gasteiger partial charge in [0.1, 0.15) is 12.4 Å². The number of aliphatic carboxylic acids is 1. The molecular formula is C12H15O3-. The molecule has 0 aliphatic rings. The monoisotopic (exact) mass is 207 g/mol. The lowest BCUT2D eigenvalue weighted by Gasteiger charge is -2.15. The van der Waals surface area contributed by atoms with Crippen LogP contribution < -0.4 is 9.84 Å². The number of carbonyl (C=O) groups is 1. The van der Waals surface area contributed by atoms with Crippen LogP contribution in [-0.4, -0.2) is 12.6 Å². The third-order valence-electron chi connectivity index (χ3n) is 2.14. The predicted octanol–water partition coefficient (Wildman–Crippen LogP) is 1.25. The van der Waals surface area contributed by atoms with E-state index in [4.69, 9.17) is 4.74 Å². The van der Waals surface area contributed by atoms with Gasteiger partial charge >= 0.3 is 0 Å². The Kier molecular flexibility index (Phi) is 3.72. The molecule has 3 heteroatoms. The molecule has 1 aromatic carbocycles. The van der Waals surface area contributed by atoms with Crippen molar-refractivity contribution in [1.82, 2.24) is 0 Å². The summed E-state index contributed by atoms with van der Waals surface area (Å²) in [7, 11) is 0. The van der Waals surface area contributed by atoms with Crippen LogP contribution in [0.15, 0.2) is 18.2 Å². The number of hydrogen-bond donors (Lipinski definition) is 0. The molecule has 0 aliphatic carbocycles. The smallest absolute Gasteiger partial charge is 0.128 e. The SMILES string of the molecule is Cc1ccc(C(C)C)c(OCC(=O)[O-])c1. The predicted molar refractivity (Wildman–Crippen MR) is 55.8 cm³/mol. The highest BCUT2D eigenvalue weighted by molar-refractivity contribution is 5.66. The van der Waals surface area contributed by atoms with Gasteiger partial charge in [-0.1, -0.05) is 26.0 Å². The van der Waals surface area contributed by atoms with Crippen molar-refractivity contribution in [3.8, 4) is 5.75 Å². The van der Waals surface area contributed by atoms with E-state index < -0.39 is 12.6 Å². The van der Waals surface area contributed by atoms with E-state index in [0.29, 0.717) is 11.7 Å². The molecule has 0 heterocycles. The minimum absolute atomic E-state index is 0.308. The summed E-state index contributed by atoms with van der Waals surface area (Å²) in [6.07, 6.45) is 0. The molecule has 82 valence electrons. The van der Waals surface area contributed by atoms with Gasteiger partial charge in [-0.05, 0) is 30.0 Å². The molecule has 0 atom stereocenters. The van der Waals surface area contributed by atoms with Crippen LogP contribution in [-0.2, 0) is 4.79 Å². The van der Waals surface area contributed by atoms with Crippen molar-refractivity contribution < 1.29 is 14.6 Å². The quantitative estimate of drug-likeness (QED) is 0.746. The molecule has 3 nitrogen and oxygen atoms in total. The number of ether oxygens (including phenoxy) is 1. The van der Waals surface area contributed by atoms with Gasteiger partial charge < -0.3 is 14.6 Å². The van der Waals surface area contributed by atoms with Crippen LogP contribution in [0.1, 0.15) is 30.9 Å². The van der Waals surface area contributed by atoms with Crippen LogP contribution in [0.25, 0.3) is 0 Å². The fraction of sp³-hybridized carbons (Fsp3) is 0.417. The van der Waals surface area contributed by atoms with E-state index in [1.807, 2.05) is 39.0 Å². The Morgan fingerprint density at radius 1 is 1.47 bits per heavy atom. The van der Waals surface area contributed by atoms with Gasteiger partial charge in [-0.2, -0.15) is 0 Å². The molecular weight excluding hydrogens is 192 g/mol. The van der Waals surface area contributed by atoms with Crippen LogP contribution in [0, 0.1) is 6.92 Å². The van der Waals surface area contributed by atoms with Gasteiger partial charge in [-0.25, -0.2) is 0 Å². The molecule has 0 saturated carbocycles. The second kappa shape index (κ2) is 4.82. The van der Waals surface area contributed by atoms with Gasteiger partial charge in [0.25, 0.3) is 0 Å². The number of hydrogen-bond acceptors (Lipinski definition) is 3. The zero-order valence-corrected chi connectivity index (χ0v) is 9.24. The lowest BCUT2D eigenvalue weighted by molar-refractivity contribution is -0.307. The summed E-state index contributed by atoms with van der Waals surface area (Å²) in [4.78, 5) is 10.3. The number of aryl methyl sites for hydroxylation is 1. The Morgan fingerprint density at radius 2 is 2.13 bits per heavy atom. The van der Waals surface area contributed by atoms with Crippen LogP contribution >= 0.6 is 0 Å². The first-order chi connectivity index (χ1) is 7.00. The Labute approximate surface area is 89.7 Å². The summed E-state index contributed by atoms with van der Waals surface area (Å²) in [5, 5.41) is 10.3. The molecule has 0 unspecified atom stereocenters. The van der Waals surface area contributed by atoms with E-state index in [-0.39, 0.29) is 0 Å². The molecule has 0 fully saturated rings. The van der Waals surface area contributed by atoms with Crippen LogP contribution in [0.3, 0.4) is 0 Å². The number of carboxylic acid groups (broad SMARTS) is 1. The van der Waals surface area contributed by atoms with Crippen molar-refractivity contribution in [2.75, 3.05) is 6.61 Å². The molecule has 1 rings (SSSR count). The van der Waals surface area contributed by atoms with Gasteiger partial charge in [-0.15, -0.1) is 0 Å². The number of benzene rings is 1. The molecule has 15 heavy (non-hydrogen) atoms. The van der Waals surface area contributed by atoms with Crippen molar-refractivity contribution in [2.24, 2.45) is 0 Å². The lowest BCUT2D eigenvalue weighted by atomic mass is 10.0. The average molecular weight is 207 g/mol. The van der Waals surface area contributed by atoms with Crippen LogP contribution in [0.5, 0.6) is 5.75 Å². The summed E-state index contributed by atoms with van der Waals surface area (Å²) in [6, 6.07) is 5.80. The maximum Gasteiger partial charge on any atom is 0.128 e. The highest BCUT2D eigenvalue weighted by Gasteiger charge is 2.07. The Hall–Kier alpha value is -1.51. The van der Waals surface area contributed by atoms with E-state index in [9.17, 15) is 9.90 Å². The molecule has 0 aromatic heterocycles. The van der Waals surface area contributed by atoms with Crippen LogP contribution in [0.2, 0.25) is 0 Å². The van der Waals surface area contributed by atoms with Crippen molar-refractivity contribution in [2.45, 2.75) is 26.7 Å². The fourth-order valence-corrected chi connectivity index (χ4v) is 1.38. The summed E-state index contributed by atoms with van der Waals surface area (Å²) in [5.74, 6) is -0.261. The lowest BCUT2D eigenvalue weighted by Crippen LogP contribution is -2.29. The molecule has 1 aromatic rings. The first-order valence-electron chi connectivity index (χ1n) is 4.94. The van der Waals surface area contributed by atoms with Crippen LogP contribution in [0.4, 0.5) is 0 Å². The van der Waals surface area contributed by atoms with Gasteiger partial charge in [-0.3, -0.25) is 0 Å². The van der Waals surface area contributed by atoms with Gasteiger partial charge in [0.2, 0.25) is 0 Å². The number of carboxylic acids is 1. The van der Waals surface area contributed by atoms with Crippen molar-refractivity contribution >= 4 is 5.97 Å². The standard InChI is InChI=1S/C12H16O3/c1-8(2)10-5-4-9(3)6-11(10)15-7-12(13)14/h4-6,8H,7H2,1-3H3,(H,13,14)/p-1. The largest absolute Gasteiger partial charge is 0.546 e. The van der Waals surface area contributed by atoms with E-state index in [1.54, 1.807) is 0 Å². The second-order valence-corrected chi connectivity index (χ2v) is 3.86. The molecule has 0 radical (unpaired) electrons. The third kappa shape index (κ3) is 3.27. The van der Waals surface area contributed by atoms with Crippen molar-refractivity contribution in [1.29, 1.82) is 0 Å². The molecule has 0 N–H and O–H groups in total. The van der Waals surface area contributed by atoms with Gasteiger partial charge in [0, 0.05) is 0 Å². The Morgan fingerprint density at radius 3 is 2.67 bits per heavy atom. The van der Waals surface area contributed by atoms with Crippen molar-refractivity contribution in [3.05, 3.63) is 29.3 Å². The average Bonchev–Trinajstić information content (AvgIpc) is 2.14. The van der Waals surface area contributed by atoms with E-state index >= 15 is 0 Å². The molecule has 0 bridgehead atoms. The van der Waals surface area contributed by atoms with E-state index in [0.717, 1.165) is 11.1 Å². The summed E-state index contributed by atoms with van der Waals surface area (Å²) in [5.41, 5.74) is 2.06. The minimum Gasteiger partial charge on any atom is -0.546 e. The zero-order valence-electron chi connectivity index (χ0n) is 9.24. The topological polar surface area (TPSA) is 49.4 Å². The molecule has 0 amide bonds. The zero-order chi connectivity index (χ0) is 11.4. The van der Waals surface area contributed by atoms with Gasteiger partial charge in [0.05, 0.1) is 5.97 Å². The maximum absolute atomic E-state index is 10.3. The number of rotatable bonds is 4. The summed E-state index contributed by atoms with van der Waals surface area (Å²) in [6.45, 7) is 5.62. The van der Waals surface area contributed by atoms with E-state index in [2.05, 4.69) is 0 Å². The van der Waals surface area contributed by atoms with Gasteiger partial charge in [0.15, 0.2) is 0 Å². The summed E-state index contributed by atoms with van der Waals surface area (Å²) >= 11 is 0. The number of carbonyl (C=O) groups excluding carboxylic acids is 1. The maximum atomic E-state index is 10.3. The highest BCUT2D eigenvalue weighted by Crippen LogP contribution is 2.27. The third-order valence-corrected chi connectivity index (χ3v) is 2.14.